The van der Waals surface area contributed by atoms with Crippen LogP contribution in [0.4, 0.5) is 15.9 Å². The summed E-state index contributed by atoms with van der Waals surface area (Å²) in [6.45, 7) is 5.17. The lowest BCUT2D eigenvalue weighted by molar-refractivity contribution is -0.135. The molecule has 0 radical (unpaired) electrons. The van der Waals surface area contributed by atoms with Crippen molar-refractivity contribution in [3.05, 3.63) is 100 Å². The molecule has 0 bridgehead atoms. The Bertz CT molecular complexity index is 2190. The van der Waals surface area contributed by atoms with E-state index in [2.05, 4.69) is 25.9 Å². The number of nitrogens with zero attached hydrogens (tertiary/aromatic N) is 6. The molecule has 3 aromatic heterocycles. The molecule has 1 aliphatic carbocycles. The minimum Gasteiger partial charge on any atom is -0.383 e. The minimum atomic E-state index is -0.663. The molecule has 1 aliphatic heterocycles. The van der Waals surface area contributed by atoms with Crippen LogP contribution in [0.25, 0.3) is 27.8 Å². The van der Waals surface area contributed by atoms with E-state index in [1.54, 1.807) is 12.1 Å². The number of pyridine rings is 1. The van der Waals surface area contributed by atoms with E-state index in [4.69, 9.17) is 5.73 Å². The molecule has 0 atom stereocenters. The first-order valence-corrected chi connectivity index (χ1v) is 16.4. The average molecular weight is 659 g/mol. The number of piperidine rings is 1. The number of rotatable bonds is 7. The molecule has 11 nitrogen and oxygen atoms in total. The lowest BCUT2D eigenvalue weighted by Gasteiger charge is -2.34. The summed E-state index contributed by atoms with van der Waals surface area (Å²) in [6.07, 6.45) is 6.76. The van der Waals surface area contributed by atoms with Gasteiger partial charge < -0.3 is 20.5 Å². The Morgan fingerprint density at radius 3 is 2.35 bits per heavy atom. The van der Waals surface area contributed by atoms with E-state index >= 15 is 0 Å². The maximum atomic E-state index is 13.7. The van der Waals surface area contributed by atoms with Gasteiger partial charge in [-0.15, -0.1) is 0 Å². The van der Waals surface area contributed by atoms with Crippen LogP contribution in [0.2, 0.25) is 0 Å². The van der Waals surface area contributed by atoms with Gasteiger partial charge in [-0.25, -0.2) is 14.4 Å². The van der Waals surface area contributed by atoms with Crippen LogP contribution in [0.3, 0.4) is 0 Å². The molecule has 12 heteroatoms. The van der Waals surface area contributed by atoms with Gasteiger partial charge in [-0.2, -0.15) is 5.26 Å². The molecule has 5 aromatic rings. The molecule has 3 N–H and O–H groups in total. The minimum absolute atomic E-state index is 0.0414. The number of benzene rings is 2. The lowest BCUT2D eigenvalue weighted by atomic mass is 10.0. The second-order valence-electron chi connectivity index (χ2n) is 13.0. The van der Waals surface area contributed by atoms with Gasteiger partial charge in [0.2, 0.25) is 5.91 Å². The molecule has 1 saturated carbocycles. The Balaban J connectivity index is 1.17. The number of nitrogen functional groups attached to an aromatic ring is 1. The van der Waals surface area contributed by atoms with E-state index in [1.165, 1.54) is 41.2 Å². The first kappa shape index (κ1) is 31.8. The quantitative estimate of drug-likeness (QED) is 0.225. The van der Waals surface area contributed by atoms with Crippen LogP contribution >= 0.6 is 0 Å². The maximum Gasteiger partial charge on any atom is 0.269 e. The Morgan fingerprint density at radius 2 is 1.71 bits per heavy atom. The van der Waals surface area contributed by atoms with Gasteiger partial charge in [-0.3, -0.25) is 19.0 Å². The molecule has 248 valence electrons. The number of hydrogen-bond acceptors (Lipinski definition) is 7. The van der Waals surface area contributed by atoms with Crippen molar-refractivity contribution in [2.75, 3.05) is 24.1 Å². The number of carbonyl (C=O) groups is 2. The summed E-state index contributed by atoms with van der Waals surface area (Å²) in [7, 11) is 0. The molecule has 7 rings (SSSR count). The van der Waals surface area contributed by atoms with Crippen molar-refractivity contribution in [1.29, 1.82) is 5.26 Å². The summed E-state index contributed by atoms with van der Waals surface area (Å²) in [5, 5.41) is 13.6. The molecule has 2 aliphatic rings. The first-order valence-electron chi connectivity index (χ1n) is 16.4. The molecule has 0 spiro atoms. The number of fused-ring (bicyclic) bond motifs is 1. The lowest BCUT2D eigenvalue weighted by Crippen LogP contribution is -2.41. The number of nitriles is 1. The largest absolute Gasteiger partial charge is 0.383 e. The zero-order valence-electron chi connectivity index (χ0n) is 27.2. The van der Waals surface area contributed by atoms with Gasteiger partial charge in [-0.05, 0) is 85.2 Å². The summed E-state index contributed by atoms with van der Waals surface area (Å²) in [6, 6.07) is 16.2. The monoisotopic (exact) mass is 658 g/mol. The fourth-order valence-corrected chi connectivity index (χ4v) is 6.72. The Morgan fingerprint density at radius 1 is 1.02 bits per heavy atom. The smallest absolute Gasteiger partial charge is 0.269 e. The third-order valence-electron chi connectivity index (χ3n) is 9.44. The van der Waals surface area contributed by atoms with Gasteiger partial charge in [0.1, 0.15) is 40.9 Å². The number of anilines is 2. The summed E-state index contributed by atoms with van der Waals surface area (Å²) in [5.74, 6) is -0.544. The molecule has 4 heterocycles. The highest BCUT2D eigenvalue weighted by Gasteiger charge is 2.31. The van der Waals surface area contributed by atoms with Crippen molar-refractivity contribution in [2.45, 2.75) is 51.5 Å². The predicted molar refractivity (Wildman–Crippen MR) is 184 cm³/mol. The topological polar surface area (TPSA) is 152 Å². The van der Waals surface area contributed by atoms with E-state index in [0.717, 1.165) is 47.8 Å². The highest BCUT2D eigenvalue weighted by molar-refractivity contribution is 6.05. The fourth-order valence-electron chi connectivity index (χ4n) is 6.72. The van der Waals surface area contributed by atoms with Gasteiger partial charge >= 0.3 is 0 Å². The van der Waals surface area contributed by atoms with Crippen LogP contribution in [0.5, 0.6) is 0 Å². The summed E-state index contributed by atoms with van der Waals surface area (Å²) >= 11 is 0. The van der Waals surface area contributed by atoms with Crippen molar-refractivity contribution in [2.24, 2.45) is 5.92 Å². The molecule has 49 heavy (non-hydrogen) atoms. The third-order valence-corrected chi connectivity index (χ3v) is 9.44. The number of aromatic nitrogens is 4. The normalized spacial score (nSPS) is 15.0. The highest BCUT2D eigenvalue weighted by atomic mass is 19.1. The zero-order chi connectivity index (χ0) is 34.4. The third kappa shape index (κ3) is 5.92. The fraction of sp³-hybridized carbons (Fsp3) is 0.297. The first-order chi connectivity index (χ1) is 23.6. The van der Waals surface area contributed by atoms with Gasteiger partial charge in [0.15, 0.2) is 0 Å². The van der Waals surface area contributed by atoms with Crippen molar-refractivity contribution in [3.8, 4) is 22.9 Å². The van der Waals surface area contributed by atoms with Crippen LogP contribution < -0.4 is 16.6 Å². The van der Waals surface area contributed by atoms with Gasteiger partial charge in [0.25, 0.3) is 11.5 Å². The van der Waals surface area contributed by atoms with Crippen molar-refractivity contribution >= 4 is 34.4 Å². The SMILES string of the molecule is CC(C)C(=O)N1CCC(n2cc(-c3ccc(NC(=O)c4cc(C5CC5)c(C#N)n(-c5ccc(F)cc5)c4=O)cc3)c3c(N)ncnc32)CC1. The molecule has 2 amide bonds. The zero-order valence-corrected chi connectivity index (χ0v) is 27.2. The molecular formula is C37H35FN8O3. The molecule has 2 aromatic carbocycles. The van der Waals surface area contributed by atoms with Crippen LogP contribution in [0, 0.1) is 23.1 Å². The number of nitrogens with two attached hydrogens (primary N) is 1. The number of nitrogens with one attached hydrogen (secondary N) is 1. The van der Waals surface area contributed by atoms with Crippen LogP contribution in [0.1, 0.15) is 73.1 Å². The van der Waals surface area contributed by atoms with E-state index in [0.29, 0.717) is 35.8 Å². The number of amides is 2. The molecule has 0 unspecified atom stereocenters. The van der Waals surface area contributed by atoms with Crippen molar-refractivity contribution in [3.63, 3.8) is 0 Å². The Hall–Kier alpha value is -5.83. The molecule has 1 saturated heterocycles. The van der Waals surface area contributed by atoms with E-state index < -0.39 is 17.3 Å². The Kier molecular flexibility index (Phi) is 8.20. The number of halogens is 1. The van der Waals surface area contributed by atoms with Gasteiger partial charge in [-0.1, -0.05) is 26.0 Å². The number of carbonyl (C=O) groups excluding carboxylic acids is 2. The van der Waals surface area contributed by atoms with E-state index in [-0.39, 0.29) is 35.0 Å². The van der Waals surface area contributed by atoms with Crippen LogP contribution in [0.15, 0.2) is 71.9 Å². The number of likely N-dealkylation sites (tertiary alicyclic amines) is 1. The Labute approximate surface area is 281 Å². The molecular weight excluding hydrogens is 623 g/mol. The standard InChI is InChI=1S/C37H35FN8O3/c1-21(2)36(48)44-15-13-26(14-16-44)45-19-30(32-33(40)41-20-42-34(32)45)23-5-9-25(10-6-23)43-35(47)29-17-28(22-3-4-22)31(18-39)46(37(29)49)27-11-7-24(38)8-12-27/h5-12,17,19-22,26H,3-4,13-16H2,1-2H3,(H,43,47)(H2,40,41,42). The maximum absolute atomic E-state index is 13.7. The highest BCUT2D eigenvalue weighted by Crippen LogP contribution is 2.42. The predicted octanol–water partition coefficient (Wildman–Crippen LogP) is 5.79. The average Bonchev–Trinajstić information content (AvgIpc) is 3.88. The van der Waals surface area contributed by atoms with E-state index in [1.807, 2.05) is 37.1 Å². The second-order valence-corrected chi connectivity index (χ2v) is 13.0. The molecule has 2 fully saturated rings. The second kappa shape index (κ2) is 12.6. The van der Waals surface area contributed by atoms with Crippen molar-refractivity contribution in [1.82, 2.24) is 24.0 Å². The van der Waals surface area contributed by atoms with E-state index in [9.17, 15) is 24.0 Å². The summed E-state index contributed by atoms with van der Waals surface area (Å²) < 4.78 is 17.0. The number of hydrogen-bond donors (Lipinski definition) is 2. The van der Waals surface area contributed by atoms with Gasteiger partial charge in [0.05, 0.1) is 11.1 Å². The van der Waals surface area contributed by atoms with Gasteiger partial charge in [0, 0.05) is 42.5 Å². The summed E-state index contributed by atoms with van der Waals surface area (Å²) in [5.41, 5.74) is 9.56. The summed E-state index contributed by atoms with van der Waals surface area (Å²) in [4.78, 5) is 50.6. The van der Waals surface area contributed by atoms with Crippen molar-refractivity contribution < 1.29 is 14.0 Å². The van der Waals surface area contributed by atoms with Crippen LogP contribution in [-0.2, 0) is 4.79 Å². The van der Waals surface area contributed by atoms with Crippen LogP contribution in [-0.4, -0.2) is 48.9 Å².